The molecule has 1 aliphatic rings. The standard InChI is InChI=1S/C12H23N/c1-3-11(4-2)7-5-6-10-13-12-8-9-12/h5,7,11-13H,3-4,6,8-10H2,1-2H3. The van der Waals surface area contributed by atoms with Crippen LogP contribution in [-0.4, -0.2) is 12.6 Å². The van der Waals surface area contributed by atoms with Crippen molar-refractivity contribution < 1.29 is 0 Å². The third-order valence-electron chi connectivity index (χ3n) is 2.78. The van der Waals surface area contributed by atoms with Gasteiger partial charge in [-0.15, -0.1) is 0 Å². The molecule has 0 amide bonds. The minimum atomic E-state index is 0.806. The Labute approximate surface area is 82.6 Å². The van der Waals surface area contributed by atoms with Crippen molar-refractivity contribution in [1.82, 2.24) is 5.32 Å². The van der Waals surface area contributed by atoms with Crippen LogP contribution in [0.5, 0.6) is 0 Å². The predicted molar refractivity (Wildman–Crippen MR) is 58.9 cm³/mol. The lowest BCUT2D eigenvalue weighted by atomic mass is 10.0. The first-order valence-corrected chi connectivity index (χ1v) is 5.76. The molecule has 0 heterocycles. The summed E-state index contributed by atoms with van der Waals surface area (Å²) in [6.07, 6.45) is 11.3. The molecule has 1 aliphatic carbocycles. The zero-order valence-electron chi connectivity index (χ0n) is 9.05. The molecule has 0 radical (unpaired) electrons. The summed E-state index contributed by atoms with van der Waals surface area (Å²) in [4.78, 5) is 0. The molecule has 1 rings (SSSR count). The second-order valence-electron chi connectivity index (χ2n) is 4.02. The second-order valence-corrected chi connectivity index (χ2v) is 4.02. The lowest BCUT2D eigenvalue weighted by Crippen LogP contribution is -2.16. The minimum Gasteiger partial charge on any atom is -0.314 e. The molecule has 0 aliphatic heterocycles. The topological polar surface area (TPSA) is 12.0 Å². The van der Waals surface area contributed by atoms with E-state index in [-0.39, 0.29) is 0 Å². The number of nitrogens with one attached hydrogen (secondary N) is 1. The molecule has 0 aromatic rings. The van der Waals surface area contributed by atoms with Gasteiger partial charge in [0.25, 0.3) is 0 Å². The van der Waals surface area contributed by atoms with E-state index >= 15 is 0 Å². The Bertz CT molecular complexity index is 143. The SMILES string of the molecule is CCC(C=CCCNC1CC1)CC. The van der Waals surface area contributed by atoms with Crippen LogP contribution >= 0.6 is 0 Å². The van der Waals surface area contributed by atoms with E-state index in [2.05, 4.69) is 31.3 Å². The van der Waals surface area contributed by atoms with E-state index in [1.54, 1.807) is 0 Å². The Kier molecular flexibility index (Phi) is 5.14. The molecular formula is C12H23N. The molecule has 0 aromatic carbocycles. The highest BCUT2D eigenvalue weighted by Crippen LogP contribution is 2.18. The Morgan fingerprint density at radius 3 is 2.54 bits per heavy atom. The van der Waals surface area contributed by atoms with Crippen molar-refractivity contribution in [3.8, 4) is 0 Å². The number of hydrogen-bond donors (Lipinski definition) is 1. The lowest BCUT2D eigenvalue weighted by molar-refractivity contribution is 0.602. The summed E-state index contributed by atoms with van der Waals surface area (Å²) in [5.41, 5.74) is 0. The first-order valence-electron chi connectivity index (χ1n) is 5.76. The number of hydrogen-bond acceptors (Lipinski definition) is 1. The van der Waals surface area contributed by atoms with Crippen LogP contribution in [0.1, 0.15) is 46.0 Å². The van der Waals surface area contributed by atoms with Crippen LogP contribution in [0.3, 0.4) is 0 Å². The lowest BCUT2D eigenvalue weighted by Gasteiger charge is -2.04. The van der Waals surface area contributed by atoms with Crippen molar-refractivity contribution in [1.29, 1.82) is 0 Å². The van der Waals surface area contributed by atoms with Gasteiger partial charge in [-0.3, -0.25) is 0 Å². The van der Waals surface area contributed by atoms with E-state index in [0.717, 1.165) is 12.0 Å². The molecule has 76 valence electrons. The fourth-order valence-corrected chi connectivity index (χ4v) is 1.51. The van der Waals surface area contributed by atoms with Crippen molar-refractivity contribution in [3.63, 3.8) is 0 Å². The monoisotopic (exact) mass is 181 g/mol. The van der Waals surface area contributed by atoms with Gasteiger partial charge in [0.1, 0.15) is 0 Å². The number of allylic oxidation sites excluding steroid dienone is 1. The van der Waals surface area contributed by atoms with Crippen LogP contribution in [0, 0.1) is 5.92 Å². The van der Waals surface area contributed by atoms with Crippen LogP contribution in [0.15, 0.2) is 12.2 Å². The van der Waals surface area contributed by atoms with Gasteiger partial charge in [0.15, 0.2) is 0 Å². The zero-order valence-corrected chi connectivity index (χ0v) is 9.05. The maximum absolute atomic E-state index is 3.52. The number of rotatable bonds is 7. The van der Waals surface area contributed by atoms with E-state index in [4.69, 9.17) is 0 Å². The van der Waals surface area contributed by atoms with Crippen LogP contribution in [0.25, 0.3) is 0 Å². The summed E-state index contributed by atoms with van der Waals surface area (Å²) in [5, 5.41) is 3.52. The summed E-state index contributed by atoms with van der Waals surface area (Å²) >= 11 is 0. The van der Waals surface area contributed by atoms with Gasteiger partial charge >= 0.3 is 0 Å². The quantitative estimate of drug-likeness (QED) is 0.470. The molecule has 1 heteroatoms. The Hall–Kier alpha value is -0.300. The maximum atomic E-state index is 3.52. The molecule has 0 unspecified atom stereocenters. The first-order chi connectivity index (χ1) is 6.36. The highest BCUT2D eigenvalue weighted by Gasteiger charge is 2.19. The van der Waals surface area contributed by atoms with Crippen molar-refractivity contribution in [2.24, 2.45) is 5.92 Å². The molecule has 13 heavy (non-hydrogen) atoms. The smallest absolute Gasteiger partial charge is 0.00683 e. The zero-order chi connectivity index (χ0) is 9.52. The molecule has 0 atom stereocenters. The highest BCUT2D eigenvalue weighted by atomic mass is 14.9. The predicted octanol–water partition coefficient (Wildman–Crippen LogP) is 3.12. The van der Waals surface area contributed by atoms with E-state index in [1.807, 2.05) is 0 Å². The molecular weight excluding hydrogens is 158 g/mol. The molecule has 1 N–H and O–H groups in total. The summed E-state index contributed by atoms with van der Waals surface area (Å²) in [6, 6.07) is 0.863. The van der Waals surface area contributed by atoms with Crippen molar-refractivity contribution in [2.75, 3.05) is 6.54 Å². The second kappa shape index (κ2) is 6.20. The van der Waals surface area contributed by atoms with Gasteiger partial charge < -0.3 is 5.32 Å². The van der Waals surface area contributed by atoms with Gasteiger partial charge in [0.05, 0.1) is 0 Å². The molecule has 0 aromatic heterocycles. The van der Waals surface area contributed by atoms with Crippen LogP contribution in [0.4, 0.5) is 0 Å². The van der Waals surface area contributed by atoms with Gasteiger partial charge in [0, 0.05) is 6.04 Å². The fourth-order valence-electron chi connectivity index (χ4n) is 1.51. The van der Waals surface area contributed by atoms with Crippen LogP contribution < -0.4 is 5.32 Å². The summed E-state index contributed by atoms with van der Waals surface area (Å²) in [7, 11) is 0. The van der Waals surface area contributed by atoms with Gasteiger partial charge in [-0.25, -0.2) is 0 Å². The van der Waals surface area contributed by atoms with Crippen molar-refractivity contribution >= 4 is 0 Å². The van der Waals surface area contributed by atoms with Gasteiger partial charge in [0.2, 0.25) is 0 Å². The van der Waals surface area contributed by atoms with Gasteiger partial charge in [-0.1, -0.05) is 26.0 Å². The van der Waals surface area contributed by atoms with E-state index in [0.29, 0.717) is 0 Å². The minimum absolute atomic E-state index is 0.806. The molecule has 0 bridgehead atoms. The normalized spacial score (nSPS) is 17.5. The summed E-state index contributed by atoms with van der Waals surface area (Å²) < 4.78 is 0. The van der Waals surface area contributed by atoms with Crippen LogP contribution in [-0.2, 0) is 0 Å². The average Bonchev–Trinajstić information content (AvgIpc) is 2.95. The third kappa shape index (κ3) is 5.09. The molecule has 0 saturated heterocycles. The molecule has 1 fully saturated rings. The van der Waals surface area contributed by atoms with E-state index in [9.17, 15) is 0 Å². The Balaban J connectivity index is 1.95. The van der Waals surface area contributed by atoms with Gasteiger partial charge in [-0.05, 0) is 44.6 Å². The third-order valence-corrected chi connectivity index (χ3v) is 2.78. The molecule has 0 spiro atoms. The van der Waals surface area contributed by atoms with Crippen molar-refractivity contribution in [3.05, 3.63) is 12.2 Å². The van der Waals surface area contributed by atoms with Gasteiger partial charge in [-0.2, -0.15) is 0 Å². The molecule has 1 saturated carbocycles. The maximum Gasteiger partial charge on any atom is 0.00683 e. The Morgan fingerprint density at radius 1 is 1.31 bits per heavy atom. The van der Waals surface area contributed by atoms with Crippen molar-refractivity contribution in [2.45, 2.75) is 52.0 Å². The fraction of sp³-hybridized carbons (Fsp3) is 0.833. The summed E-state index contributed by atoms with van der Waals surface area (Å²) in [5.74, 6) is 0.806. The molecule has 1 nitrogen and oxygen atoms in total. The average molecular weight is 181 g/mol. The van der Waals surface area contributed by atoms with E-state index < -0.39 is 0 Å². The Morgan fingerprint density at radius 2 is 2.00 bits per heavy atom. The summed E-state index contributed by atoms with van der Waals surface area (Å²) in [6.45, 7) is 5.70. The van der Waals surface area contributed by atoms with E-state index in [1.165, 1.54) is 38.6 Å². The highest BCUT2D eigenvalue weighted by molar-refractivity contribution is 4.89. The largest absolute Gasteiger partial charge is 0.314 e. The van der Waals surface area contributed by atoms with Crippen LogP contribution in [0.2, 0.25) is 0 Å². The first kappa shape index (κ1) is 10.8.